The highest BCUT2D eigenvalue weighted by atomic mass is 16.1. The molecular formula is C15H26N4O. The summed E-state index contributed by atoms with van der Waals surface area (Å²) >= 11 is 0. The molecule has 2 heterocycles. The van der Waals surface area contributed by atoms with Crippen molar-refractivity contribution in [1.29, 1.82) is 0 Å². The fraction of sp³-hybridized carbons (Fsp3) is 0.733. The largest absolute Gasteiger partial charge is 0.348 e. The predicted octanol–water partition coefficient (Wildman–Crippen LogP) is 1.62. The Balaban J connectivity index is 2.28. The van der Waals surface area contributed by atoms with Crippen LogP contribution in [-0.4, -0.2) is 35.2 Å². The number of piperidine rings is 1. The summed E-state index contributed by atoms with van der Waals surface area (Å²) in [7, 11) is 0. The maximum absolute atomic E-state index is 12.6. The molecule has 0 radical (unpaired) electrons. The zero-order valence-corrected chi connectivity index (χ0v) is 12.6. The fourth-order valence-electron chi connectivity index (χ4n) is 2.85. The van der Waals surface area contributed by atoms with Crippen LogP contribution in [0, 0.1) is 0 Å². The van der Waals surface area contributed by atoms with Gasteiger partial charge in [0, 0.05) is 38.1 Å². The molecule has 2 rings (SSSR count). The lowest BCUT2D eigenvalue weighted by atomic mass is 10.1. The first kappa shape index (κ1) is 15.0. The van der Waals surface area contributed by atoms with Crippen LogP contribution in [0.15, 0.2) is 17.2 Å². The highest BCUT2D eigenvalue weighted by Gasteiger charge is 2.23. The molecule has 1 saturated heterocycles. The van der Waals surface area contributed by atoms with Crippen LogP contribution in [0.25, 0.3) is 0 Å². The number of hydrogen-bond donors (Lipinski definition) is 1. The van der Waals surface area contributed by atoms with E-state index in [1.54, 1.807) is 17.0 Å². The highest BCUT2D eigenvalue weighted by molar-refractivity contribution is 5.37. The summed E-state index contributed by atoms with van der Waals surface area (Å²) in [5.74, 6) is 0.622. The van der Waals surface area contributed by atoms with E-state index in [0.29, 0.717) is 11.9 Å². The number of anilines is 1. The zero-order valence-electron chi connectivity index (χ0n) is 12.6. The Hall–Kier alpha value is -1.36. The molecule has 1 atom stereocenters. The Morgan fingerprint density at radius 3 is 2.95 bits per heavy atom. The first-order valence-electron chi connectivity index (χ1n) is 7.80. The van der Waals surface area contributed by atoms with Crippen molar-refractivity contribution in [3.63, 3.8) is 0 Å². The first-order chi connectivity index (χ1) is 9.77. The number of rotatable bonds is 6. The molecular weight excluding hydrogens is 252 g/mol. The van der Waals surface area contributed by atoms with Gasteiger partial charge in [-0.1, -0.05) is 13.8 Å². The summed E-state index contributed by atoms with van der Waals surface area (Å²) in [5, 5.41) is 3.42. The van der Waals surface area contributed by atoms with E-state index in [1.165, 1.54) is 6.42 Å². The van der Waals surface area contributed by atoms with Crippen LogP contribution in [0.2, 0.25) is 0 Å². The average molecular weight is 278 g/mol. The first-order valence-corrected chi connectivity index (χ1v) is 7.80. The second-order valence-electron chi connectivity index (χ2n) is 5.44. The van der Waals surface area contributed by atoms with E-state index in [9.17, 15) is 4.79 Å². The minimum Gasteiger partial charge on any atom is -0.348 e. The van der Waals surface area contributed by atoms with Gasteiger partial charge in [-0.05, 0) is 32.2 Å². The molecule has 1 aliphatic heterocycles. The van der Waals surface area contributed by atoms with Crippen molar-refractivity contribution in [2.45, 2.75) is 52.1 Å². The molecule has 0 aliphatic carbocycles. The van der Waals surface area contributed by atoms with Crippen LogP contribution >= 0.6 is 0 Å². The van der Waals surface area contributed by atoms with E-state index in [2.05, 4.69) is 29.0 Å². The molecule has 1 N–H and O–H groups in total. The van der Waals surface area contributed by atoms with Gasteiger partial charge < -0.3 is 14.8 Å². The topological polar surface area (TPSA) is 50.2 Å². The summed E-state index contributed by atoms with van der Waals surface area (Å²) in [4.78, 5) is 19.1. The van der Waals surface area contributed by atoms with Crippen LogP contribution in [0.5, 0.6) is 0 Å². The van der Waals surface area contributed by atoms with Crippen molar-refractivity contribution < 1.29 is 0 Å². The molecule has 1 unspecified atom stereocenters. The lowest BCUT2D eigenvalue weighted by molar-refractivity contribution is 0.427. The van der Waals surface area contributed by atoms with Crippen molar-refractivity contribution >= 4 is 5.82 Å². The van der Waals surface area contributed by atoms with Crippen LogP contribution in [0.4, 0.5) is 5.82 Å². The lowest BCUT2D eigenvalue weighted by Crippen LogP contribution is -2.49. The third kappa shape index (κ3) is 3.39. The minimum absolute atomic E-state index is 0.0494. The van der Waals surface area contributed by atoms with Crippen molar-refractivity contribution in [3.05, 3.63) is 22.7 Å². The molecule has 0 amide bonds. The maximum Gasteiger partial charge on any atom is 0.293 e. The van der Waals surface area contributed by atoms with Gasteiger partial charge in [0.2, 0.25) is 0 Å². The second-order valence-corrected chi connectivity index (χ2v) is 5.44. The maximum atomic E-state index is 12.6. The lowest BCUT2D eigenvalue weighted by Gasteiger charge is -2.35. The van der Waals surface area contributed by atoms with Gasteiger partial charge in [0.15, 0.2) is 5.82 Å². The van der Waals surface area contributed by atoms with Gasteiger partial charge in [-0.25, -0.2) is 4.98 Å². The Labute approximate surface area is 121 Å². The van der Waals surface area contributed by atoms with Gasteiger partial charge in [0.05, 0.1) is 0 Å². The molecule has 112 valence electrons. The molecule has 0 bridgehead atoms. The molecule has 0 saturated carbocycles. The van der Waals surface area contributed by atoms with Crippen LogP contribution in [0.3, 0.4) is 0 Å². The average Bonchev–Trinajstić information content (AvgIpc) is 2.49. The number of nitrogens with zero attached hydrogens (tertiary/aromatic N) is 3. The molecule has 1 fully saturated rings. The SMILES string of the molecule is CCCN(c1nccn(CCC)c1=O)C1CCCNC1. The summed E-state index contributed by atoms with van der Waals surface area (Å²) in [6, 6.07) is 0.390. The molecule has 0 spiro atoms. The Morgan fingerprint density at radius 1 is 1.45 bits per heavy atom. The van der Waals surface area contributed by atoms with E-state index in [-0.39, 0.29) is 5.56 Å². The summed E-state index contributed by atoms with van der Waals surface area (Å²) in [6.45, 7) is 7.92. The van der Waals surface area contributed by atoms with E-state index in [0.717, 1.165) is 45.4 Å². The van der Waals surface area contributed by atoms with Gasteiger partial charge in [0.1, 0.15) is 0 Å². The van der Waals surface area contributed by atoms with Crippen molar-refractivity contribution in [2.24, 2.45) is 0 Å². The Morgan fingerprint density at radius 2 is 2.30 bits per heavy atom. The van der Waals surface area contributed by atoms with Crippen molar-refractivity contribution in [2.75, 3.05) is 24.5 Å². The number of aromatic nitrogens is 2. The molecule has 20 heavy (non-hydrogen) atoms. The Bertz CT molecular complexity index is 465. The Kier molecular flexibility index (Phi) is 5.59. The fourth-order valence-corrected chi connectivity index (χ4v) is 2.85. The third-order valence-corrected chi connectivity index (χ3v) is 3.81. The zero-order chi connectivity index (χ0) is 14.4. The van der Waals surface area contributed by atoms with Crippen molar-refractivity contribution in [3.8, 4) is 0 Å². The van der Waals surface area contributed by atoms with Gasteiger partial charge in [-0.15, -0.1) is 0 Å². The number of hydrogen-bond acceptors (Lipinski definition) is 4. The molecule has 5 heteroatoms. The smallest absolute Gasteiger partial charge is 0.293 e. The summed E-state index contributed by atoms with van der Waals surface area (Å²) in [6.07, 6.45) is 7.84. The third-order valence-electron chi connectivity index (χ3n) is 3.81. The standard InChI is InChI=1S/C15H26N4O/c1-3-9-18-11-8-17-14(15(18)20)19(10-4-2)13-6-5-7-16-12-13/h8,11,13,16H,3-7,9-10,12H2,1-2H3. The normalized spacial score (nSPS) is 19.0. The van der Waals surface area contributed by atoms with E-state index in [4.69, 9.17) is 0 Å². The quantitative estimate of drug-likeness (QED) is 0.859. The molecule has 1 aromatic rings. The highest BCUT2D eigenvalue weighted by Crippen LogP contribution is 2.15. The van der Waals surface area contributed by atoms with E-state index >= 15 is 0 Å². The van der Waals surface area contributed by atoms with Crippen LogP contribution in [-0.2, 0) is 6.54 Å². The molecule has 5 nitrogen and oxygen atoms in total. The number of aryl methyl sites for hydroxylation is 1. The number of nitrogens with one attached hydrogen (secondary N) is 1. The molecule has 1 aliphatic rings. The van der Waals surface area contributed by atoms with E-state index < -0.39 is 0 Å². The summed E-state index contributed by atoms with van der Waals surface area (Å²) < 4.78 is 1.78. The van der Waals surface area contributed by atoms with Gasteiger partial charge in [-0.3, -0.25) is 4.79 Å². The van der Waals surface area contributed by atoms with Crippen molar-refractivity contribution in [1.82, 2.24) is 14.9 Å². The monoisotopic (exact) mass is 278 g/mol. The summed E-state index contributed by atoms with van der Waals surface area (Å²) in [5.41, 5.74) is 0.0494. The molecule has 1 aromatic heterocycles. The minimum atomic E-state index is 0.0494. The predicted molar refractivity (Wildman–Crippen MR) is 82.3 cm³/mol. The second kappa shape index (κ2) is 7.43. The van der Waals surface area contributed by atoms with E-state index in [1.807, 2.05) is 0 Å². The van der Waals surface area contributed by atoms with Gasteiger partial charge >= 0.3 is 0 Å². The van der Waals surface area contributed by atoms with Crippen LogP contribution < -0.4 is 15.8 Å². The molecule has 0 aromatic carbocycles. The van der Waals surface area contributed by atoms with Gasteiger partial charge in [0.25, 0.3) is 5.56 Å². The van der Waals surface area contributed by atoms with Crippen LogP contribution in [0.1, 0.15) is 39.5 Å². The van der Waals surface area contributed by atoms with Gasteiger partial charge in [-0.2, -0.15) is 0 Å².